The predicted molar refractivity (Wildman–Crippen MR) is 112 cm³/mol. The summed E-state index contributed by atoms with van der Waals surface area (Å²) in [6.45, 7) is 3.81. The van der Waals surface area contributed by atoms with Gasteiger partial charge >= 0.3 is 6.18 Å². The smallest absolute Gasteiger partial charge is 0.351 e. The van der Waals surface area contributed by atoms with E-state index in [1.54, 1.807) is 19.1 Å². The number of aromatic nitrogens is 4. The maximum atomic E-state index is 13.6. The standard InChI is InChI=1S/C22H22F4N6/c1-12(14-9-10-14)27-20-30-19(17-7-4-8-18(29-17)22(24,25)26)31-21(32-20)28-13(2)15-5-3-6-16(23)11-15/h3-8,11-14H,9-10H2,1-2H3,(H2,27,28,30,31,32). The average molecular weight is 446 g/mol. The minimum atomic E-state index is -4.59. The lowest BCUT2D eigenvalue weighted by Gasteiger charge is -2.17. The molecule has 1 aliphatic rings. The number of nitrogens with zero attached hydrogens (tertiary/aromatic N) is 4. The van der Waals surface area contributed by atoms with Gasteiger partial charge < -0.3 is 10.6 Å². The number of benzene rings is 1. The number of hydrogen-bond acceptors (Lipinski definition) is 6. The first kappa shape index (κ1) is 21.9. The molecule has 1 saturated carbocycles. The molecule has 0 aliphatic heterocycles. The Morgan fingerprint density at radius 3 is 2.25 bits per heavy atom. The number of anilines is 2. The summed E-state index contributed by atoms with van der Waals surface area (Å²) in [5, 5.41) is 6.29. The van der Waals surface area contributed by atoms with Crippen LogP contribution in [0.25, 0.3) is 11.5 Å². The highest BCUT2D eigenvalue weighted by Crippen LogP contribution is 2.34. The molecule has 0 saturated heterocycles. The summed E-state index contributed by atoms with van der Waals surface area (Å²) in [6, 6.07) is 9.40. The van der Waals surface area contributed by atoms with Crippen molar-refractivity contribution in [3.8, 4) is 11.5 Å². The molecule has 168 valence electrons. The van der Waals surface area contributed by atoms with Gasteiger partial charge in [0.15, 0.2) is 5.82 Å². The number of pyridine rings is 1. The first-order valence-corrected chi connectivity index (χ1v) is 10.3. The third-order valence-electron chi connectivity index (χ3n) is 5.28. The highest BCUT2D eigenvalue weighted by Gasteiger charge is 2.33. The molecule has 2 aromatic heterocycles. The Bertz CT molecular complexity index is 1100. The maximum Gasteiger partial charge on any atom is 0.433 e. The molecular weight excluding hydrogens is 424 g/mol. The first-order chi connectivity index (χ1) is 15.2. The molecule has 0 amide bonds. The number of alkyl halides is 3. The Morgan fingerprint density at radius 2 is 1.59 bits per heavy atom. The van der Waals surface area contributed by atoms with Gasteiger partial charge in [-0.05, 0) is 62.4 Å². The van der Waals surface area contributed by atoms with Crippen LogP contribution in [0.15, 0.2) is 42.5 Å². The van der Waals surface area contributed by atoms with Gasteiger partial charge in [-0.15, -0.1) is 0 Å². The second kappa shape index (κ2) is 8.68. The highest BCUT2D eigenvalue weighted by molar-refractivity contribution is 5.54. The Balaban J connectivity index is 1.68. The first-order valence-electron chi connectivity index (χ1n) is 10.3. The van der Waals surface area contributed by atoms with Crippen LogP contribution in [0.5, 0.6) is 0 Å². The Hall–Kier alpha value is -3.30. The van der Waals surface area contributed by atoms with Crippen molar-refractivity contribution in [3.63, 3.8) is 0 Å². The SMILES string of the molecule is CC(Nc1nc(NC(C)C2CC2)nc(-c2cccc(C(F)(F)F)n2)n1)c1cccc(F)c1. The van der Waals surface area contributed by atoms with Gasteiger partial charge in [-0.2, -0.15) is 28.1 Å². The Morgan fingerprint density at radius 1 is 0.906 bits per heavy atom. The monoisotopic (exact) mass is 446 g/mol. The van der Waals surface area contributed by atoms with E-state index in [0.29, 0.717) is 11.5 Å². The van der Waals surface area contributed by atoms with Crippen molar-refractivity contribution in [1.82, 2.24) is 19.9 Å². The predicted octanol–water partition coefficient (Wildman–Crippen LogP) is 5.48. The average Bonchev–Trinajstić information content (AvgIpc) is 3.58. The largest absolute Gasteiger partial charge is 0.433 e. The van der Waals surface area contributed by atoms with Crippen LogP contribution in [0.2, 0.25) is 0 Å². The molecule has 0 radical (unpaired) electrons. The molecule has 2 atom stereocenters. The van der Waals surface area contributed by atoms with E-state index >= 15 is 0 Å². The molecule has 6 nitrogen and oxygen atoms in total. The van der Waals surface area contributed by atoms with E-state index in [2.05, 4.69) is 30.6 Å². The zero-order chi connectivity index (χ0) is 22.9. The molecular formula is C22H22F4N6. The molecule has 4 rings (SSSR count). The van der Waals surface area contributed by atoms with Crippen molar-refractivity contribution >= 4 is 11.9 Å². The summed E-state index contributed by atoms with van der Waals surface area (Å²) >= 11 is 0. The third kappa shape index (κ3) is 5.30. The van der Waals surface area contributed by atoms with Gasteiger partial charge in [0.2, 0.25) is 11.9 Å². The summed E-state index contributed by atoms with van der Waals surface area (Å²) in [6.07, 6.45) is -2.39. The van der Waals surface area contributed by atoms with Gasteiger partial charge in [-0.3, -0.25) is 0 Å². The lowest BCUT2D eigenvalue weighted by Crippen LogP contribution is -2.21. The van der Waals surface area contributed by atoms with Crippen molar-refractivity contribution in [2.24, 2.45) is 5.92 Å². The fraction of sp³-hybridized carbons (Fsp3) is 0.364. The van der Waals surface area contributed by atoms with Crippen LogP contribution in [0.1, 0.15) is 44.0 Å². The molecule has 2 unspecified atom stereocenters. The summed E-state index contributed by atoms with van der Waals surface area (Å²) in [5.41, 5.74) is -0.380. The van der Waals surface area contributed by atoms with E-state index in [1.165, 1.54) is 24.3 Å². The summed E-state index contributed by atoms with van der Waals surface area (Å²) < 4.78 is 53.0. The summed E-state index contributed by atoms with van der Waals surface area (Å²) in [4.78, 5) is 16.7. The third-order valence-corrected chi connectivity index (χ3v) is 5.28. The van der Waals surface area contributed by atoms with E-state index in [1.807, 2.05) is 6.92 Å². The number of halogens is 4. The van der Waals surface area contributed by atoms with Gasteiger partial charge in [0.05, 0.1) is 6.04 Å². The molecule has 2 N–H and O–H groups in total. The van der Waals surface area contributed by atoms with Crippen LogP contribution < -0.4 is 10.6 Å². The Kier molecular flexibility index (Phi) is 5.94. The van der Waals surface area contributed by atoms with Crippen LogP contribution in [-0.4, -0.2) is 26.0 Å². The maximum absolute atomic E-state index is 13.6. The van der Waals surface area contributed by atoms with Gasteiger partial charge in [-0.25, -0.2) is 9.37 Å². The van der Waals surface area contributed by atoms with Crippen LogP contribution in [0.3, 0.4) is 0 Å². The normalized spacial score (nSPS) is 15.8. The number of nitrogens with one attached hydrogen (secondary N) is 2. The lowest BCUT2D eigenvalue weighted by atomic mass is 10.1. The fourth-order valence-corrected chi connectivity index (χ4v) is 3.31. The van der Waals surface area contributed by atoms with Crippen molar-refractivity contribution in [2.75, 3.05) is 10.6 Å². The van der Waals surface area contributed by atoms with Gasteiger partial charge in [0.1, 0.15) is 17.2 Å². The molecule has 32 heavy (non-hydrogen) atoms. The summed E-state index contributed by atoms with van der Waals surface area (Å²) in [7, 11) is 0. The van der Waals surface area contributed by atoms with Gasteiger partial charge in [0, 0.05) is 6.04 Å². The quantitative estimate of drug-likeness (QED) is 0.469. The highest BCUT2D eigenvalue weighted by atomic mass is 19.4. The topological polar surface area (TPSA) is 75.6 Å². The van der Waals surface area contributed by atoms with Crippen molar-refractivity contribution in [3.05, 3.63) is 59.5 Å². The molecule has 2 heterocycles. The second-order valence-corrected chi connectivity index (χ2v) is 7.90. The van der Waals surface area contributed by atoms with Crippen molar-refractivity contribution < 1.29 is 17.6 Å². The van der Waals surface area contributed by atoms with Crippen LogP contribution in [-0.2, 0) is 6.18 Å². The molecule has 10 heteroatoms. The molecule has 1 aliphatic carbocycles. The summed E-state index contributed by atoms with van der Waals surface area (Å²) in [5.74, 6) is 0.523. The van der Waals surface area contributed by atoms with Gasteiger partial charge in [0.25, 0.3) is 0 Å². The van der Waals surface area contributed by atoms with Gasteiger partial charge in [-0.1, -0.05) is 18.2 Å². The van der Waals surface area contributed by atoms with Crippen LogP contribution in [0, 0.1) is 11.7 Å². The van der Waals surface area contributed by atoms with Crippen LogP contribution in [0.4, 0.5) is 29.5 Å². The van der Waals surface area contributed by atoms with E-state index in [0.717, 1.165) is 18.9 Å². The molecule has 0 bridgehead atoms. The molecule has 1 fully saturated rings. The molecule has 3 aromatic rings. The van der Waals surface area contributed by atoms with E-state index in [-0.39, 0.29) is 41.3 Å². The Labute approximate surface area is 182 Å². The lowest BCUT2D eigenvalue weighted by molar-refractivity contribution is -0.141. The van der Waals surface area contributed by atoms with E-state index in [9.17, 15) is 17.6 Å². The number of hydrogen-bond donors (Lipinski definition) is 2. The fourth-order valence-electron chi connectivity index (χ4n) is 3.31. The zero-order valence-corrected chi connectivity index (χ0v) is 17.5. The minimum absolute atomic E-state index is 0.00513. The van der Waals surface area contributed by atoms with E-state index in [4.69, 9.17) is 0 Å². The number of rotatable bonds is 7. The van der Waals surface area contributed by atoms with Crippen LogP contribution >= 0.6 is 0 Å². The minimum Gasteiger partial charge on any atom is -0.351 e. The van der Waals surface area contributed by atoms with Crippen molar-refractivity contribution in [2.45, 2.75) is 44.9 Å². The molecule has 0 spiro atoms. The van der Waals surface area contributed by atoms with E-state index < -0.39 is 11.9 Å². The second-order valence-electron chi connectivity index (χ2n) is 7.90. The van der Waals surface area contributed by atoms with Crippen molar-refractivity contribution in [1.29, 1.82) is 0 Å². The molecule has 1 aromatic carbocycles. The zero-order valence-electron chi connectivity index (χ0n) is 17.5.